The molecular weight excluding hydrogens is 324 g/mol. The summed E-state index contributed by atoms with van der Waals surface area (Å²) < 4.78 is 15.8. The van der Waals surface area contributed by atoms with Gasteiger partial charge in [-0.15, -0.1) is 0 Å². The van der Waals surface area contributed by atoms with E-state index >= 15 is 0 Å². The number of benzene rings is 2. The van der Waals surface area contributed by atoms with Gasteiger partial charge in [0.05, 0.1) is 27.0 Å². The number of hydrogen-bond donors (Lipinski definition) is 3. The fourth-order valence-corrected chi connectivity index (χ4v) is 2.14. The minimum Gasteiger partial charge on any atom is -0.508 e. The summed E-state index contributed by atoms with van der Waals surface area (Å²) in [6.07, 6.45) is 0. The average molecular weight is 344 g/mol. The Balaban J connectivity index is 2.12. The number of amides is 1. The third kappa shape index (κ3) is 4.14. The van der Waals surface area contributed by atoms with Crippen LogP contribution in [0.15, 0.2) is 43.0 Å². The Hall–Kier alpha value is -3.35. The average Bonchev–Trinajstić information content (AvgIpc) is 2.64. The van der Waals surface area contributed by atoms with E-state index in [0.29, 0.717) is 34.1 Å². The van der Waals surface area contributed by atoms with Crippen LogP contribution in [0.2, 0.25) is 0 Å². The number of ether oxygens (including phenoxy) is 3. The number of rotatable bonds is 7. The lowest BCUT2D eigenvalue weighted by atomic mass is 10.1. The summed E-state index contributed by atoms with van der Waals surface area (Å²) in [4.78, 5) is 12.1. The van der Waals surface area contributed by atoms with E-state index in [2.05, 4.69) is 17.4 Å². The number of carbonyl (C=O) groups is 1. The Morgan fingerprint density at radius 1 is 0.920 bits per heavy atom. The van der Waals surface area contributed by atoms with Gasteiger partial charge in [0, 0.05) is 11.1 Å². The van der Waals surface area contributed by atoms with Crippen LogP contribution in [0, 0.1) is 0 Å². The first-order valence-electron chi connectivity index (χ1n) is 7.34. The first kappa shape index (κ1) is 18.0. The molecule has 2 rings (SSSR count). The highest BCUT2D eigenvalue weighted by molar-refractivity contribution is 5.94. The van der Waals surface area contributed by atoms with Gasteiger partial charge >= 0.3 is 0 Å². The fourth-order valence-electron chi connectivity index (χ4n) is 2.14. The van der Waals surface area contributed by atoms with Crippen molar-refractivity contribution in [2.45, 2.75) is 0 Å². The first-order chi connectivity index (χ1) is 12.0. The van der Waals surface area contributed by atoms with E-state index in [1.165, 1.54) is 45.6 Å². The molecule has 0 atom stereocenters. The van der Waals surface area contributed by atoms with Crippen LogP contribution in [0.4, 0.5) is 0 Å². The van der Waals surface area contributed by atoms with Gasteiger partial charge in [-0.2, -0.15) is 0 Å². The number of hydrazine groups is 1. The van der Waals surface area contributed by atoms with E-state index in [4.69, 9.17) is 14.2 Å². The normalized spacial score (nSPS) is 9.88. The molecule has 0 aliphatic carbocycles. The Kier molecular flexibility index (Phi) is 5.73. The maximum Gasteiger partial charge on any atom is 0.269 e. The fraction of sp³-hybridized carbons (Fsp3) is 0.167. The second kappa shape index (κ2) is 7.96. The van der Waals surface area contributed by atoms with Crippen LogP contribution in [0.25, 0.3) is 5.70 Å². The highest BCUT2D eigenvalue weighted by atomic mass is 16.5. The van der Waals surface area contributed by atoms with Crippen molar-refractivity contribution in [1.29, 1.82) is 0 Å². The standard InChI is InChI=1S/C18H20N2O5/c1-11(19-20-18(22)12-5-7-14(21)8-6-12)13-9-15(23-2)17(25-4)16(10-13)24-3/h5-10,19,21H,1H2,2-4H3,(H,20,22). The lowest BCUT2D eigenvalue weighted by Gasteiger charge is -2.16. The zero-order chi connectivity index (χ0) is 18.4. The molecule has 0 radical (unpaired) electrons. The summed E-state index contributed by atoms with van der Waals surface area (Å²) in [5.74, 6) is 1.14. The van der Waals surface area contributed by atoms with E-state index in [0.717, 1.165) is 0 Å². The van der Waals surface area contributed by atoms with Gasteiger partial charge < -0.3 is 19.3 Å². The van der Waals surface area contributed by atoms with Crippen molar-refractivity contribution in [2.75, 3.05) is 21.3 Å². The molecule has 0 saturated carbocycles. The minimum atomic E-state index is -0.367. The molecule has 0 aliphatic heterocycles. The molecule has 0 unspecified atom stereocenters. The monoisotopic (exact) mass is 344 g/mol. The summed E-state index contributed by atoms with van der Waals surface area (Å²) >= 11 is 0. The number of nitrogens with one attached hydrogen (secondary N) is 2. The number of hydrogen-bond acceptors (Lipinski definition) is 6. The third-order valence-corrected chi connectivity index (χ3v) is 3.47. The first-order valence-corrected chi connectivity index (χ1v) is 7.34. The van der Waals surface area contributed by atoms with Gasteiger partial charge in [-0.1, -0.05) is 6.58 Å². The molecule has 2 aromatic rings. The molecule has 0 fully saturated rings. The molecule has 0 spiro atoms. The molecule has 0 aromatic heterocycles. The Bertz CT molecular complexity index is 747. The van der Waals surface area contributed by atoms with E-state index in [1.807, 2.05) is 0 Å². The molecule has 1 amide bonds. The molecule has 0 bridgehead atoms. The lowest BCUT2D eigenvalue weighted by Crippen LogP contribution is -2.35. The molecule has 0 saturated heterocycles. The SMILES string of the molecule is C=C(NNC(=O)c1ccc(O)cc1)c1cc(OC)c(OC)c(OC)c1. The second-order valence-electron chi connectivity index (χ2n) is 5.02. The number of phenolic OH excluding ortho intramolecular Hbond substituents is 1. The summed E-state index contributed by atoms with van der Waals surface area (Å²) in [5.41, 5.74) is 6.76. The van der Waals surface area contributed by atoms with Crippen LogP contribution in [0.3, 0.4) is 0 Å². The van der Waals surface area contributed by atoms with Crippen LogP contribution in [0.5, 0.6) is 23.0 Å². The van der Waals surface area contributed by atoms with Gasteiger partial charge in [-0.25, -0.2) is 0 Å². The molecule has 7 heteroatoms. The third-order valence-electron chi connectivity index (χ3n) is 3.47. The van der Waals surface area contributed by atoms with Gasteiger partial charge in [-0.3, -0.25) is 15.6 Å². The largest absolute Gasteiger partial charge is 0.508 e. The zero-order valence-corrected chi connectivity index (χ0v) is 14.3. The van der Waals surface area contributed by atoms with Crippen molar-refractivity contribution in [1.82, 2.24) is 10.9 Å². The molecule has 132 valence electrons. The highest BCUT2D eigenvalue weighted by Crippen LogP contribution is 2.39. The molecule has 2 aromatic carbocycles. The van der Waals surface area contributed by atoms with Crippen molar-refractivity contribution in [3.63, 3.8) is 0 Å². The molecule has 0 aliphatic rings. The summed E-state index contributed by atoms with van der Waals surface area (Å²) in [7, 11) is 4.55. The molecule has 3 N–H and O–H groups in total. The summed E-state index contributed by atoms with van der Waals surface area (Å²) in [6, 6.07) is 9.31. The van der Waals surface area contributed by atoms with Crippen LogP contribution in [-0.4, -0.2) is 32.3 Å². The van der Waals surface area contributed by atoms with Crippen molar-refractivity contribution in [3.05, 3.63) is 54.1 Å². The van der Waals surface area contributed by atoms with Crippen molar-refractivity contribution in [3.8, 4) is 23.0 Å². The van der Waals surface area contributed by atoms with Crippen molar-refractivity contribution >= 4 is 11.6 Å². The number of carbonyl (C=O) groups excluding carboxylic acids is 1. The maximum atomic E-state index is 12.1. The van der Waals surface area contributed by atoms with Crippen molar-refractivity contribution < 1.29 is 24.1 Å². The Labute approximate surface area is 145 Å². The highest BCUT2D eigenvalue weighted by Gasteiger charge is 2.15. The predicted octanol–water partition coefficient (Wildman–Crippen LogP) is 2.32. The van der Waals surface area contributed by atoms with Gasteiger partial charge in [0.15, 0.2) is 11.5 Å². The van der Waals surface area contributed by atoms with Crippen LogP contribution in [0.1, 0.15) is 15.9 Å². The predicted molar refractivity (Wildman–Crippen MR) is 93.8 cm³/mol. The number of methoxy groups -OCH3 is 3. The van der Waals surface area contributed by atoms with Gasteiger partial charge in [0.25, 0.3) is 5.91 Å². The lowest BCUT2D eigenvalue weighted by molar-refractivity contribution is 0.0942. The van der Waals surface area contributed by atoms with Crippen LogP contribution < -0.4 is 25.1 Å². The van der Waals surface area contributed by atoms with Gasteiger partial charge in [0.2, 0.25) is 5.75 Å². The topological polar surface area (TPSA) is 89.1 Å². The van der Waals surface area contributed by atoms with Crippen LogP contribution in [-0.2, 0) is 0 Å². The van der Waals surface area contributed by atoms with Crippen LogP contribution >= 0.6 is 0 Å². The Morgan fingerprint density at radius 2 is 1.48 bits per heavy atom. The van der Waals surface area contributed by atoms with Gasteiger partial charge in [-0.05, 0) is 36.4 Å². The minimum absolute atomic E-state index is 0.0892. The summed E-state index contributed by atoms with van der Waals surface area (Å²) in [5, 5.41) is 9.25. The quantitative estimate of drug-likeness (QED) is 0.668. The molecule has 25 heavy (non-hydrogen) atoms. The van der Waals surface area contributed by atoms with E-state index in [9.17, 15) is 9.90 Å². The number of phenols is 1. The smallest absolute Gasteiger partial charge is 0.269 e. The summed E-state index contributed by atoms with van der Waals surface area (Å²) in [6.45, 7) is 3.89. The van der Waals surface area contributed by atoms with E-state index in [1.54, 1.807) is 12.1 Å². The number of aromatic hydroxyl groups is 1. The Morgan fingerprint density at radius 3 is 1.96 bits per heavy atom. The molecular formula is C18H20N2O5. The molecule has 7 nitrogen and oxygen atoms in total. The van der Waals surface area contributed by atoms with Gasteiger partial charge in [0.1, 0.15) is 5.75 Å². The van der Waals surface area contributed by atoms with Crippen molar-refractivity contribution in [2.24, 2.45) is 0 Å². The maximum absolute atomic E-state index is 12.1. The second-order valence-corrected chi connectivity index (χ2v) is 5.02. The molecule has 0 heterocycles. The van der Waals surface area contributed by atoms with E-state index < -0.39 is 0 Å². The zero-order valence-electron chi connectivity index (χ0n) is 14.3. The van der Waals surface area contributed by atoms with E-state index in [-0.39, 0.29) is 11.7 Å².